The third kappa shape index (κ3) is 4.88. The molecule has 0 bridgehead atoms. The number of carbonyl (C=O) groups is 2. The molecule has 2 saturated heterocycles. The average Bonchev–Trinajstić information content (AvgIpc) is 3.49. The predicted octanol–water partition coefficient (Wildman–Crippen LogP) is 4.21. The molecule has 2 aromatic rings. The van der Waals surface area contributed by atoms with E-state index in [1.54, 1.807) is 0 Å². The molecule has 2 unspecified atom stereocenters. The van der Waals surface area contributed by atoms with E-state index in [-0.39, 0.29) is 23.8 Å². The summed E-state index contributed by atoms with van der Waals surface area (Å²) in [7, 11) is 0. The fraction of sp³-hybridized carbons (Fsp3) is 0.478. The van der Waals surface area contributed by atoms with Crippen LogP contribution in [0.4, 0.5) is 0 Å². The molecule has 2 aliphatic heterocycles. The summed E-state index contributed by atoms with van der Waals surface area (Å²) in [6.07, 6.45) is 4.03. The second kappa shape index (κ2) is 9.94. The molecular weight excluding hydrogens is 418 g/mol. The second-order valence-corrected chi connectivity index (χ2v) is 9.45. The van der Waals surface area contributed by atoms with Crippen molar-refractivity contribution in [1.29, 1.82) is 0 Å². The fourth-order valence-electron chi connectivity index (χ4n) is 4.51. The lowest BCUT2D eigenvalue weighted by molar-refractivity contribution is -0.126. The van der Waals surface area contributed by atoms with Crippen molar-refractivity contribution in [3.8, 4) is 0 Å². The van der Waals surface area contributed by atoms with Crippen molar-refractivity contribution in [2.24, 2.45) is 5.92 Å². The number of piperidine rings is 1. The monoisotopic (exact) mass is 445 g/mol. The number of hydrogen-bond donors (Lipinski definition) is 1. The van der Waals surface area contributed by atoms with Crippen molar-refractivity contribution >= 4 is 34.8 Å². The Kier molecular flexibility index (Phi) is 7.08. The van der Waals surface area contributed by atoms with Crippen LogP contribution in [0.25, 0.3) is 0 Å². The molecule has 2 aliphatic rings. The predicted molar refractivity (Wildman–Crippen MR) is 121 cm³/mol. The first-order chi connectivity index (χ1) is 14.6. The molecule has 1 N–H and O–H groups in total. The lowest BCUT2D eigenvalue weighted by Gasteiger charge is -2.33. The highest BCUT2D eigenvalue weighted by Crippen LogP contribution is 2.30. The van der Waals surface area contributed by atoms with Crippen LogP contribution in [0.1, 0.15) is 47.0 Å². The Hall–Kier alpha value is -1.89. The van der Waals surface area contributed by atoms with E-state index in [0.717, 1.165) is 47.9 Å². The lowest BCUT2D eigenvalue weighted by atomic mass is 9.96. The summed E-state index contributed by atoms with van der Waals surface area (Å²) in [6, 6.07) is 11.7. The summed E-state index contributed by atoms with van der Waals surface area (Å²) in [5.74, 6) is -0.0865. The second-order valence-electron chi connectivity index (χ2n) is 8.09. The average molecular weight is 446 g/mol. The zero-order chi connectivity index (χ0) is 20.9. The Balaban J connectivity index is 1.39. The smallest absolute Gasteiger partial charge is 0.263 e. The number of nitrogens with zero attached hydrogens (tertiary/aromatic N) is 2. The zero-order valence-electron chi connectivity index (χ0n) is 17.1. The SMILES string of the molecule is O=C(NCC(c1ccccc1Cl)N1CCCC1)C1CCCN(C(=O)c2cccs2)C1. The fourth-order valence-corrected chi connectivity index (χ4v) is 5.46. The Bertz CT molecular complexity index is 867. The van der Waals surface area contributed by atoms with Gasteiger partial charge in [0.2, 0.25) is 5.91 Å². The molecule has 160 valence electrons. The van der Waals surface area contributed by atoms with Crippen molar-refractivity contribution in [3.05, 3.63) is 57.2 Å². The van der Waals surface area contributed by atoms with Gasteiger partial charge in [0.1, 0.15) is 0 Å². The topological polar surface area (TPSA) is 52.7 Å². The Labute approximate surface area is 187 Å². The molecule has 2 amide bonds. The Morgan fingerprint density at radius 1 is 1.10 bits per heavy atom. The highest BCUT2D eigenvalue weighted by molar-refractivity contribution is 7.12. The highest BCUT2D eigenvalue weighted by Gasteiger charge is 2.31. The largest absolute Gasteiger partial charge is 0.354 e. The van der Waals surface area contributed by atoms with Crippen LogP contribution < -0.4 is 5.32 Å². The summed E-state index contributed by atoms with van der Waals surface area (Å²) in [5, 5.41) is 5.83. The normalized spacial score (nSPS) is 20.8. The summed E-state index contributed by atoms with van der Waals surface area (Å²) >= 11 is 7.93. The number of hydrogen-bond acceptors (Lipinski definition) is 4. The molecule has 5 nitrogen and oxygen atoms in total. The third-order valence-electron chi connectivity index (χ3n) is 6.13. The van der Waals surface area contributed by atoms with Crippen LogP contribution >= 0.6 is 22.9 Å². The quantitative estimate of drug-likeness (QED) is 0.724. The molecule has 7 heteroatoms. The number of amides is 2. The molecule has 0 spiro atoms. The number of likely N-dealkylation sites (tertiary alicyclic amines) is 2. The van der Waals surface area contributed by atoms with Gasteiger partial charge >= 0.3 is 0 Å². The molecule has 3 heterocycles. The molecule has 1 aromatic heterocycles. The maximum absolute atomic E-state index is 13.0. The molecule has 0 radical (unpaired) electrons. The Morgan fingerprint density at radius 3 is 2.63 bits per heavy atom. The van der Waals surface area contributed by atoms with Crippen molar-refractivity contribution in [2.45, 2.75) is 31.7 Å². The van der Waals surface area contributed by atoms with Crippen molar-refractivity contribution in [3.63, 3.8) is 0 Å². The first-order valence-electron chi connectivity index (χ1n) is 10.7. The van der Waals surface area contributed by atoms with Gasteiger partial charge in [0.25, 0.3) is 5.91 Å². The minimum absolute atomic E-state index is 0.0357. The maximum atomic E-state index is 13.0. The molecule has 30 heavy (non-hydrogen) atoms. The van der Waals surface area contributed by atoms with Crippen molar-refractivity contribution in [2.75, 3.05) is 32.7 Å². The van der Waals surface area contributed by atoms with Crippen molar-refractivity contribution in [1.82, 2.24) is 15.1 Å². The van der Waals surface area contributed by atoms with Gasteiger partial charge in [0.15, 0.2) is 0 Å². The lowest BCUT2D eigenvalue weighted by Crippen LogP contribution is -2.46. The summed E-state index contributed by atoms with van der Waals surface area (Å²) in [4.78, 5) is 30.6. The van der Waals surface area contributed by atoms with E-state index < -0.39 is 0 Å². The van der Waals surface area contributed by atoms with Crippen LogP contribution in [0.5, 0.6) is 0 Å². The van der Waals surface area contributed by atoms with Crippen LogP contribution in [0.2, 0.25) is 5.02 Å². The van der Waals surface area contributed by atoms with E-state index in [1.165, 1.54) is 24.2 Å². The van der Waals surface area contributed by atoms with E-state index in [0.29, 0.717) is 13.1 Å². The van der Waals surface area contributed by atoms with E-state index in [1.807, 2.05) is 40.6 Å². The molecule has 0 saturated carbocycles. The molecule has 0 aliphatic carbocycles. The van der Waals surface area contributed by atoms with Crippen molar-refractivity contribution < 1.29 is 9.59 Å². The van der Waals surface area contributed by atoms with Gasteiger partial charge in [-0.05, 0) is 61.8 Å². The number of rotatable bonds is 6. The first kappa shape index (κ1) is 21.3. The van der Waals surface area contributed by atoms with Gasteiger partial charge in [0.05, 0.1) is 16.8 Å². The Morgan fingerprint density at radius 2 is 1.90 bits per heavy atom. The summed E-state index contributed by atoms with van der Waals surface area (Å²) in [5.41, 5.74) is 1.07. The summed E-state index contributed by atoms with van der Waals surface area (Å²) in [6.45, 7) is 3.80. The number of halogens is 1. The standard InChI is InChI=1S/C23H28ClN3O2S/c24-19-9-2-1-8-18(19)20(26-11-3-4-12-26)15-25-22(28)17-7-5-13-27(16-17)23(29)21-10-6-14-30-21/h1-2,6,8-10,14,17,20H,3-5,7,11-13,15-16H2,(H,25,28). The van der Waals surface area contributed by atoms with Gasteiger partial charge in [-0.2, -0.15) is 0 Å². The molecule has 4 rings (SSSR count). The maximum Gasteiger partial charge on any atom is 0.263 e. The van der Waals surface area contributed by atoms with Gasteiger partial charge in [-0.3, -0.25) is 14.5 Å². The van der Waals surface area contributed by atoms with E-state index in [2.05, 4.69) is 16.3 Å². The van der Waals surface area contributed by atoms with Gasteiger partial charge in [-0.15, -0.1) is 11.3 Å². The van der Waals surface area contributed by atoms with Gasteiger partial charge in [-0.1, -0.05) is 35.9 Å². The highest BCUT2D eigenvalue weighted by atomic mass is 35.5. The van der Waals surface area contributed by atoms with Crippen LogP contribution in [0.3, 0.4) is 0 Å². The number of benzene rings is 1. The first-order valence-corrected chi connectivity index (χ1v) is 12.0. The van der Waals surface area contributed by atoms with Gasteiger partial charge < -0.3 is 10.2 Å². The molecule has 2 fully saturated rings. The van der Waals surface area contributed by atoms with E-state index >= 15 is 0 Å². The third-order valence-corrected chi connectivity index (χ3v) is 7.33. The van der Waals surface area contributed by atoms with Gasteiger partial charge in [-0.25, -0.2) is 0 Å². The number of nitrogens with one attached hydrogen (secondary N) is 1. The minimum atomic E-state index is -0.159. The van der Waals surface area contributed by atoms with Crippen LogP contribution in [0.15, 0.2) is 41.8 Å². The van der Waals surface area contributed by atoms with E-state index in [9.17, 15) is 9.59 Å². The number of thiophene rings is 1. The summed E-state index contributed by atoms with van der Waals surface area (Å²) < 4.78 is 0. The van der Waals surface area contributed by atoms with Crippen LogP contribution in [-0.4, -0.2) is 54.3 Å². The zero-order valence-corrected chi connectivity index (χ0v) is 18.6. The minimum Gasteiger partial charge on any atom is -0.354 e. The van der Waals surface area contributed by atoms with Crippen LogP contribution in [0, 0.1) is 5.92 Å². The van der Waals surface area contributed by atoms with Crippen LogP contribution in [-0.2, 0) is 4.79 Å². The molecule has 2 atom stereocenters. The molecular formula is C23H28ClN3O2S. The van der Waals surface area contributed by atoms with Gasteiger partial charge in [0, 0.05) is 24.7 Å². The van der Waals surface area contributed by atoms with E-state index in [4.69, 9.17) is 11.6 Å². The number of carbonyl (C=O) groups excluding carboxylic acids is 2. The molecule has 1 aromatic carbocycles.